The largest absolute Gasteiger partial charge is 0.481 e. The Morgan fingerprint density at radius 1 is 0.921 bits per heavy atom. The fourth-order valence-electron chi connectivity index (χ4n) is 6.30. The molecule has 2 saturated carbocycles. The topological polar surface area (TPSA) is 104 Å². The van der Waals surface area contributed by atoms with Crippen LogP contribution in [0.25, 0.3) is 11.4 Å². The molecule has 3 aromatic rings. The first-order valence-electron chi connectivity index (χ1n) is 13.4. The summed E-state index contributed by atoms with van der Waals surface area (Å²) < 4.78 is 0. The van der Waals surface area contributed by atoms with Crippen molar-refractivity contribution in [3.63, 3.8) is 0 Å². The number of carbonyl (C=O) groups excluding carboxylic acids is 2. The van der Waals surface area contributed by atoms with Gasteiger partial charge in [-0.1, -0.05) is 36.8 Å². The van der Waals surface area contributed by atoms with E-state index in [-0.39, 0.29) is 48.7 Å². The molecule has 1 aromatic heterocycles. The van der Waals surface area contributed by atoms with Crippen molar-refractivity contribution < 1.29 is 19.5 Å². The molecule has 2 fully saturated rings. The summed E-state index contributed by atoms with van der Waals surface area (Å²) in [6.45, 7) is 0. The van der Waals surface area contributed by atoms with Crippen LogP contribution in [-0.2, 0) is 9.59 Å². The number of rotatable bonds is 7. The zero-order valence-electron chi connectivity index (χ0n) is 21.1. The molecule has 2 aliphatic carbocycles. The molecule has 8 nitrogen and oxygen atoms in total. The van der Waals surface area contributed by atoms with Crippen molar-refractivity contribution in [1.82, 2.24) is 14.9 Å². The van der Waals surface area contributed by atoms with Crippen LogP contribution in [0.5, 0.6) is 0 Å². The van der Waals surface area contributed by atoms with Crippen LogP contribution in [0.1, 0.15) is 66.9 Å². The number of aromatic nitrogens is 2. The van der Waals surface area contributed by atoms with Crippen molar-refractivity contribution in [3.05, 3.63) is 78.1 Å². The fourth-order valence-corrected chi connectivity index (χ4v) is 6.30. The van der Waals surface area contributed by atoms with Crippen molar-refractivity contribution in [1.29, 1.82) is 0 Å². The molecule has 194 valence electrons. The van der Waals surface area contributed by atoms with E-state index in [1.54, 1.807) is 18.5 Å². The predicted molar refractivity (Wildman–Crippen MR) is 141 cm³/mol. The van der Waals surface area contributed by atoms with Crippen LogP contribution in [0.3, 0.4) is 0 Å². The highest BCUT2D eigenvalue weighted by atomic mass is 16.4. The number of fused-ring (bicyclic) bond motifs is 2. The van der Waals surface area contributed by atoms with Crippen molar-refractivity contribution in [2.75, 3.05) is 4.90 Å². The summed E-state index contributed by atoms with van der Waals surface area (Å²) in [5, 5.41) is 9.19. The summed E-state index contributed by atoms with van der Waals surface area (Å²) in [7, 11) is 0. The van der Waals surface area contributed by atoms with E-state index in [0.29, 0.717) is 11.4 Å². The van der Waals surface area contributed by atoms with Gasteiger partial charge in [0.05, 0.1) is 12.5 Å². The highest BCUT2D eigenvalue weighted by Gasteiger charge is 2.51. The van der Waals surface area contributed by atoms with E-state index >= 15 is 0 Å². The lowest BCUT2D eigenvalue weighted by Gasteiger charge is -2.48. The monoisotopic (exact) mass is 510 g/mol. The number of hydrogen-bond donors (Lipinski definition) is 1. The molecule has 0 bridgehead atoms. The first kappa shape index (κ1) is 24.3. The molecule has 2 amide bonds. The van der Waals surface area contributed by atoms with Gasteiger partial charge in [-0.2, -0.15) is 0 Å². The second kappa shape index (κ2) is 10.0. The van der Waals surface area contributed by atoms with Crippen LogP contribution in [0, 0.1) is 5.92 Å². The van der Waals surface area contributed by atoms with Gasteiger partial charge in [0.15, 0.2) is 5.82 Å². The Labute approximate surface area is 221 Å². The summed E-state index contributed by atoms with van der Waals surface area (Å²) in [5.74, 6) is -0.461. The number of carboxylic acid groups (broad SMARTS) is 1. The van der Waals surface area contributed by atoms with Gasteiger partial charge < -0.3 is 14.9 Å². The summed E-state index contributed by atoms with van der Waals surface area (Å²) >= 11 is 0. The highest BCUT2D eigenvalue weighted by molar-refractivity contribution is 6.08. The average molecular weight is 511 g/mol. The van der Waals surface area contributed by atoms with Crippen LogP contribution in [0.4, 0.5) is 5.69 Å². The summed E-state index contributed by atoms with van der Waals surface area (Å²) in [4.78, 5) is 51.4. The van der Waals surface area contributed by atoms with Gasteiger partial charge in [-0.15, -0.1) is 0 Å². The lowest BCUT2D eigenvalue weighted by molar-refractivity contribution is -0.142. The number of para-hydroxylation sites is 1. The van der Waals surface area contributed by atoms with Gasteiger partial charge in [0.25, 0.3) is 5.91 Å². The van der Waals surface area contributed by atoms with E-state index in [2.05, 4.69) is 9.97 Å². The maximum absolute atomic E-state index is 14.2. The normalized spacial score (nSPS) is 21.9. The third-order valence-electron chi connectivity index (χ3n) is 8.02. The lowest BCUT2D eigenvalue weighted by atomic mass is 9.81. The Hall–Kier alpha value is -4.07. The second-order valence-corrected chi connectivity index (χ2v) is 10.4. The number of nitrogens with zero attached hydrogens (tertiary/aromatic N) is 4. The van der Waals surface area contributed by atoms with Gasteiger partial charge in [0.2, 0.25) is 5.91 Å². The maximum atomic E-state index is 14.2. The number of benzene rings is 2. The molecule has 0 spiro atoms. The lowest BCUT2D eigenvalue weighted by Crippen LogP contribution is -2.52. The molecule has 3 atom stereocenters. The standard InChI is InChI=1S/C30H30N4O4/c35-26(14-15-27(36)37)33(21-12-13-21)28-22-8-1-2-10-24(22)34(25-11-4-9-23(25)28)30(38)20-7-3-6-19(18-20)29-31-16-5-17-32-29/h1-3,5-8,10,16-18,21,23,25,28H,4,9,11-15H2,(H,36,37)/t23-,25+,28-/m0/s1. The van der Waals surface area contributed by atoms with Crippen LogP contribution < -0.4 is 4.90 Å². The number of carbonyl (C=O) groups is 3. The molecule has 0 radical (unpaired) electrons. The Morgan fingerprint density at radius 3 is 2.47 bits per heavy atom. The molecule has 2 heterocycles. The van der Waals surface area contributed by atoms with E-state index in [4.69, 9.17) is 0 Å². The maximum Gasteiger partial charge on any atom is 0.303 e. The Bertz CT molecular complexity index is 1370. The summed E-state index contributed by atoms with van der Waals surface area (Å²) in [6.07, 6.45) is 7.83. The molecule has 0 saturated heterocycles. The van der Waals surface area contributed by atoms with E-state index in [9.17, 15) is 19.5 Å². The van der Waals surface area contributed by atoms with Gasteiger partial charge in [0, 0.05) is 53.6 Å². The van der Waals surface area contributed by atoms with Crippen molar-refractivity contribution >= 4 is 23.5 Å². The molecule has 8 heteroatoms. The number of amides is 2. The number of hydrogen-bond acceptors (Lipinski definition) is 5. The van der Waals surface area contributed by atoms with Crippen molar-refractivity contribution in [3.8, 4) is 11.4 Å². The molecule has 1 aliphatic heterocycles. The third kappa shape index (κ3) is 4.44. The van der Waals surface area contributed by atoms with Crippen molar-refractivity contribution in [2.24, 2.45) is 5.92 Å². The Morgan fingerprint density at radius 2 is 1.71 bits per heavy atom. The van der Waals surface area contributed by atoms with Crippen LogP contribution in [-0.4, -0.2) is 49.8 Å². The fraction of sp³-hybridized carbons (Fsp3) is 0.367. The molecular formula is C30H30N4O4. The predicted octanol–water partition coefficient (Wildman–Crippen LogP) is 4.87. The first-order valence-corrected chi connectivity index (χ1v) is 13.4. The number of aliphatic carboxylic acids is 1. The highest BCUT2D eigenvalue weighted by Crippen LogP contribution is 2.53. The third-order valence-corrected chi connectivity index (χ3v) is 8.02. The SMILES string of the molecule is O=C(O)CCC(=O)N(C1CC1)[C@H]1c2ccccc2N(C(=O)c2cccc(-c3ncccn3)c2)[C@@H]2CCC[C@@H]21. The van der Waals surface area contributed by atoms with E-state index in [1.165, 1.54) is 0 Å². The Kier molecular flexibility index (Phi) is 6.39. The molecule has 2 aromatic carbocycles. The Balaban J connectivity index is 1.39. The van der Waals surface area contributed by atoms with Gasteiger partial charge in [-0.05, 0) is 55.5 Å². The van der Waals surface area contributed by atoms with E-state index in [1.807, 2.05) is 58.3 Å². The summed E-state index contributed by atoms with van der Waals surface area (Å²) in [5.41, 5.74) is 3.17. The van der Waals surface area contributed by atoms with Crippen LogP contribution in [0.2, 0.25) is 0 Å². The van der Waals surface area contributed by atoms with Crippen LogP contribution in [0.15, 0.2) is 67.0 Å². The van der Waals surface area contributed by atoms with Crippen molar-refractivity contribution in [2.45, 2.75) is 63.1 Å². The first-order chi connectivity index (χ1) is 18.5. The molecule has 1 N–H and O–H groups in total. The molecule has 0 unspecified atom stereocenters. The molecule has 38 heavy (non-hydrogen) atoms. The van der Waals surface area contributed by atoms with E-state index < -0.39 is 5.97 Å². The summed E-state index contributed by atoms with van der Waals surface area (Å²) in [6, 6.07) is 17.1. The van der Waals surface area contributed by atoms with Gasteiger partial charge in [-0.3, -0.25) is 14.4 Å². The van der Waals surface area contributed by atoms with Gasteiger partial charge >= 0.3 is 5.97 Å². The second-order valence-electron chi connectivity index (χ2n) is 10.4. The van der Waals surface area contributed by atoms with Gasteiger partial charge in [-0.25, -0.2) is 9.97 Å². The number of carboxylic acids is 1. The minimum atomic E-state index is -0.961. The molecule has 3 aliphatic rings. The van der Waals surface area contributed by atoms with Crippen LogP contribution >= 0.6 is 0 Å². The zero-order valence-corrected chi connectivity index (χ0v) is 21.1. The quantitative estimate of drug-likeness (QED) is 0.486. The minimum absolute atomic E-state index is 0.00111. The van der Waals surface area contributed by atoms with Gasteiger partial charge in [0.1, 0.15) is 0 Å². The van der Waals surface area contributed by atoms with E-state index in [0.717, 1.165) is 48.9 Å². The minimum Gasteiger partial charge on any atom is -0.481 e. The smallest absolute Gasteiger partial charge is 0.303 e. The molecule has 6 rings (SSSR count). The molecular weight excluding hydrogens is 480 g/mol. The average Bonchev–Trinajstić information content (AvgIpc) is 3.67. The number of anilines is 1. The zero-order chi connectivity index (χ0) is 26.2.